The Morgan fingerprint density at radius 3 is 3.00 bits per heavy atom. The number of nitrogens with zero attached hydrogens (tertiary/aromatic N) is 2. The van der Waals surface area contributed by atoms with E-state index in [1.165, 1.54) is 13.5 Å². The average molecular weight is 275 g/mol. The third-order valence-electron chi connectivity index (χ3n) is 4.59. The van der Waals surface area contributed by atoms with E-state index in [4.69, 9.17) is 10.5 Å². The number of pyridine rings is 1. The molecule has 20 heavy (non-hydrogen) atoms. The van der Waals surface area contributed by atoms with Crippen molar-refractivity contribution in [1.29, 1.82) is 0 Å². The number of aromatic nitrogens is 1. The predicted octanol–water partition coefficient (Wildman–Crippen LogP) is 1.43. The lowest BCUT2D eigenvalue weighted by Crippen LogP contribution is -2.32. The molecule has 1 saturated heterocycles. The fourth-order valence-corrected chi connectivity index (χ4v) is 3.51. The summed E-state index contributed by atoms with van der Waals surface area (Å²) in [6, 6.07) is 4.14. The summed E-state index contributed by atoms with van der Waals surface area (Å²) in [6.45, 7) is 2.09. The van der Waals surface area contributed by atoms with Crippen molar-refractivity contribution in [2.45, 2.75) is 25.3 Å². The first kappa shape index (κ1) is 13.4. The van der Waals surface area contributed by atoms with Crippen molar-refractivity contribution < 1.29 is 9.53 Å². The van der Waals surface area contributed by atoms with Crippen LogP contribution in [0.4, 0.5) is 5.69 Å². The fourth-order valence-electron chi connectivity index (χ4n) is 3.51. The molecule has 1 aromatic heterocycles. The molecule has 1 aliphatic carbocycles. The highest BCUT2D eigenvalue weighted by Crippen LogP contribution is 2.37. The summed E-state index contributed by atoms with van der Waals surface area (Å²) in [5, 5.41) is 0. The summed E-state index contributed by atoms with van der Waals surface area (Å²) < 4.78 is 4.73. The summed E-state index contributed by atoms with van der Waals surface area (Å²) in [4.78, 5) is 18.0. The maximum Gasteiger partial charge on any atom is 0.356 e. The van der Waals surface area contributed by atoms with Gasteiger partial charge in [-0.2, -0.15) is 0 Å². The lowest BCUT2D eigenvalue weighted by molar-refractivity contribution is 0.0594. The van der Waals surface area contributed by atoms with Crippen LogP contribution in [0.1, 0.15) is 29.8 Å². The van der Waals surface area contributed by atoms with Gasteiger partial charge < -0.3 is 15.4 Å². The molecule has 0 bridgehead atoms. The van der Waals surface area contributed by atoms with Crippen LogP contribution in [0.5, 0.6) is 0 Å². The standard InChI is InChI=1S/C15H21N3O2/c1-20-15(19)14-7-13(4-5-17-14)18-8-10-2-3-12(16)6-11(10)9-18/h4-5,7,10-12H,2-3,6,8-9,16H2,1H3/t10-,11+,12?/m1/s1. The van der Waals surface area contributed by atoms with E-state index in [9.17, 15) is 4.79 Å². The number of methoxy groups -OCH3 is 1. The molecular formula is C15H21N3O2. The van der Waals surface area contributed by atoms with E-state index in [1.807, 2.05) is 12.1 Å². The number of carbonyl (C=O) groups is 1. The Hall–Kier alpha value is -1.62. The van der Waals surface area contributed by atoms with Gasteiger partial charge in [-0.1, -0.05) is 0 Å². The third-order valence-corrected chi connectivity index (χ3v) is 4.59. The Labute approximate surface area is 119 Å². The normalized spacial score (nSPS) is 29.1. The molecule has 1 aromatic rings. The maximum absolute atomic E-state index is 11.6. The SMILES string of the molecule is COC(=O)c1cc(N2C[C@H]3CCC(N)C[C@H]3C2)ccn1. The van der Waals surface area contributed by atoms with Gasteiger partial charge in [0.25, 0.3) is 0 Å². The van der Waals surface area contributed by atoms with E-state index in [1.54, 1.807) is 6.20 Å². The average Bonchev–Trinajstić information content (AvgIpc) is 2.89. The molecule has 0 aromatic carbocycles. The topological polar surface area (TPSA) is 68.5 Å². The van der Waals surface area contributed by atoms with Crippen LogP contribution in [0.2, 0.25) is 0 Å². The zero-order chi connectivity index (χ0) is 14.1. The lowest BCUT2D eigenvalue weighted by atomic mass is 9.79. The number of anilines is 1. The van der Waals surface area contributed by atoms with E-state index in [0.29, 0.717) is 17.7 Å². The van der Waals surface area contributed by atoms with E-state index in [-0.39, 0.29) is 5.97 Å². The molecule has 1 unspecified atom stereocenters. The van der Waals surface area contributed by atoms with Gasteiger partial charge in [-0.05, 0) is 43.2 Å². The second-order valence-electron chi connectivity index (χ2n) is 5.89. The largest absolute Gasteiger partial charge is 0.464 e. The lowest BCUT2D eigenvalue weighted by Gasteiger charge is -2.27. The van der Waals surface area contributed by atoms with Crippen LogP contribution in [0.15, 0.2) is 18.3 Å². The molecule has 0 spiro atoms. The van der Waals surface area contributed by atoms with Gasteiger partial charge in [0.15, 0.2) is 0 Å². The van der Waals surface area contributed by atoms with Crippen LogP contribution in [-0.4, -0.2) is 37.2 Å². The number of hydrogen-bond acceptors (Lipinski definition) is 5. The number of hydrogen-bond donors (Lipinski definition) is 1. The highest BCUT2D eigenvalue weighted by molar-refractivity contribution is 5.88. The monoisotopic (exact) mass is 275 g/mol. The van der Waals surface area contributed by atoms with Crippen molar-refractivity contribution in [1.82, 2.24) is 4.98 Å². The Morgan fingerprint density at radius 1 is 1.40 bits per heavy atom. The summed E-state index contributed by atoms with van der Waals surface area (Å²) >= 11 is 0. The quantitative estimate of drug-likeness (QED) is 0.827. The van der Waals surface area contributed by atoms with Crippen molar-refractivity contribution >= 4 is 11.7 Å². The Balaban J connectivity index is 1.76. The number of rotatable bonds is 2. The van der Waals surface area contributed by atoms with Crippen molar-refractivity contribution in [2.75, 3.05) is 25.1 Å². The smallest absolute Gasteiger partial charge is 0.356 e. The van der Waals surface area contributed by atoms with Crippen molar-refractivity contribution in [3.63, 3.8) is 0 Å². The van der Waals surface area contributed by atoms with Crippen LogP contribution in [-0.2, 0) is 4.74 Å². The number of carbonyl (C=O) groups excluding carboxylic acids is 1. The summed E-state index contributed by atoms with van der Waals surface area (Å²) in [6.07, 6.45) is 5.15. The Bertz CT molecular complexity index is 506. The van der Waals surface area contributed by atoms with Crippen LogP contribution in [0, 0.1) is 11.8 Å². The Kier molecular flexibility index (Phi) is 3.61. The molecule has 2 N–H and O–H groups in total. The first-order valence-electron chi connectivity index (χ1n) is 7.22. The van der Waals surface area contributed by atoms with Gasteiger partial charge in [0.1, 0.15) is 5.69 Å². The van der Waals surface area contributed by atoms with Crippen molar-refractivity contribution in [3.05, 3.63) is 24.0 Å². The van der Waals surface area contributed by atoms with Gasteiger partial charge in [0.05, 0.1) is 7.11 Å². The van der Waals surface area contributed by atoms with Gasteiger partial charge in [-0.25, -0.2) is 9.78 Å². The molecule has 3 atom stereocenters. The van der Waals surface area contributed by atoms with Gasteiger partial charge in [0.2, 0.25) is 0 Å². The van der Waals surface area contributed by atoms with E-state index >= 15 is 0 Å². The second-order valence-corrected chi connectivity index (χ2v) is 5.89. The molecule has 2 aliphatic rings. The molecule has 1 saturated carbocycles. The van der Waals surface area contributed by atoms with Gasteiger partial charge in [-0.15, -0.1) is 0 Å². The number of nitrogens with two attached hydrogens (primary N) is 1. The summed E-state index contributed by atoms with van der Waals surface area (Å²) in [7, 11) is 1.38. The number of fused-ring (bicyclic) bond motifs is 1. The van der Waals surface area contributed by atoms with Gasteiger partial charge in [-0.3, -0.25) is 0 Å². The number of ether oxygens (including phenoxy) is 1. The van der Waals surface area contributed by atoms with Crippen LogP contribution >= 0.6 is 0 Å². The minimum Gasteiger partial charge on any atom is -0.464 e. The molecule has 2 fully saturated rings. The first-order valence-corrected chi connectivity index (χ1v) is 7.22. The first-order chi connectivity index (χ1) is 9.67. The van der Waals surface area contributed by atoms with Crippen LogP contribution in [0.3, 0.4) is 0 Å². The van der Waals surface area contributed by atoms with E-state index in [2.05, 4.69) is 9.88 Å². The summed E-state index contributed by atoms with van der Waals surface area (Å²) in [5.74, 6) is 1.04. The minimum absolute atomic E-state index is 0.360. The second kappa shape index (κ2) is 5.40. The van der Waals surface area contributed by atoms with Gasteiger partial charge >= 0.3 is 5.97 Å². The predicted molar refractivity (Wildman–Crippen MR) is 76.6 cm³/mol. The van der Waals surface area contributed by atoms with Crippen LogP contribution < -0.4 is 10.6 Å². The fraction of sp³-hybridized carbons (Fsp3) is 0.600. The Morgan fingerprint density at radius 2 is 2.20 bits per heavy atom. The molecule has 0 radical (unpaired) electrons. The zero-order valence-electron chi connectivity index (χ0n) is 11.8. The van der Waals surface area contributed by atoms with E-state index in [0.717, 1.165) is 37.5 Å². The maximum atomic E-state index is 11.6. The van der Waals surface area contributed by atoms with E-state index < -0.39 is 0 Å². The highest BCUT2D eigenvalue weighted by atomic mass is 16.5. The van der Waals surface area contributed by atoms with Crippen molar-refractivity contribution in [3.8, 4) is 0 Å². The molecule has 1 aliphatic heterocycles. The van der Waals surface area contributed by atoms with Crippen LogP contribution in [0.25, 0.3) is 0 Å². The zero-order valence-corrected chi connectivity index (χ0v) is 11.8. The van der Waals surface area contributed by atoms with Crippen molar-refractivity contribution in [2.24, 2.45) is 17.6 Å². The number of esters is 1. The molecule has 3 rings (SSSR count). The third kappa shape index (κ3) is 2.50. The molecular weight excluding hydrogens is 254 g/mol. The minimum atomic E-state index is -0.384. The van der Waals surface area contributed by atoms with Gasteiger partial charge in [0, 0.05) is 31.0 Å². The molecule has 5 heteroatoms. The molecule has 0 amide bonds. The molecule has 108 valence electrons. The highest BCUT2D eigenvalue weighted by Gasteiger charge is 2.36. The molecule has 2 heterocycles. The molecule has 5 nitrogen and oxygen atoms in total. The summed E-state index contributed by atoms with van der Waals surface area (Å²) in [5.41, 5.74) is 7.50.